The number of fused-ring (bicyclic) bond motifs is 3. The Kier molecular flexibility index (Phi) is 3.64. The van der Waals surface area contributed by atoms with E-state index in [4.69, 9.17) is 4.98 Å². The molecule has 1 heterocycles. The van der Waals surface area contributed by atoms with E-state index in [-0.39, 0.29) is 0 Å². The van der Waals surface area contributed by atoms with Crippen molar-refractivity contribution in [2.75, 3.05) is 0 Å². The van der Waals surface area contributed by atoms with Crippen LogP contribution in [-0.4, -0.2) is 4.98 Å². The van der Waals surface area contributed by atoms with Gasteiger partial charge in [-0.15, -0.1) is 0 Å². The second kappa shape index (κ2) is 6.27. The van der Waals surface area contributed by atoms with Crippen LogP contribution in [-0.2, 0) is 0 Å². The minimum atomic E-state index is 0.397. The first-order valence-electron chi connectivity index (χ1n) is 9.11. The van der Waals surface area contributed by atoms with Gasteiger partial charge in [0.05, 0.1) is 11.2 Å². The van der Waals surface area contributed by atoms with Crippen molar-refractivity contribution < 1.29 is 0 Å². The van der Waals surface area contributed by atoms with Crippen LogP contribution in [0.2, 0.25) is 0 Å². The number of hydrogen-bond donors (Lipinski definition) is 0. The zero-order chi connectivity index (χ0) is 17.3. The number of nitrogens with zero attached hydrogens (tertiary/aromatic N) is 1. The molecule has 0 saturated heterocycles. The van der Waals surface area contributed by atoms with Crippen molar-refractivity contribution in [2.45, 2.75) is 12.3 Å². The molecule has 0 spiro atoms. The van der Waals surface area contributed by atoms with Gasteiger partial charge in [0.1, 0.15) is 0 Å². The van der Waals surface area contributed by atoms with Crippen molar-refractivity contribution in [3.63, 3.8) is 0 Å². The van der Waals surface area contributed by atoms with Crippen LogP contribution in [0.25, 0.3) is 32.9 Å². The monoisotopic (exact) mass is 333 g/mol. The molecule has 1 unspecified atom stereocenters. The normalized spacial score (nSPS) is 16.4. The highest BCUT2D eigenvalue weighted by atomic mass is 14.7. The average molecular weight is 333 g/mol. The number of hydrogen-bond acceptors (Lipinski definition) is 1. The van der Waals surface area contributed by atoms with Crippen LogP contribution in [0.3, 0.4) is 0 Å². The van der Waals surface area contributed by atoms with Gasteiger partial charge in [0.25, 0.3) is 0 Å². The molecule has 124 valence electrons. The van der Waals surface area contributed by atoms with E-state index in [9.17, 15) is 0 Å². The molecular formula is C25H19N. The third-order valence-corrected chi connectivity index (χ3v) is 5.19. The summed E-state index contributed by atoms with van der Waals surface area (Å²) < 4.78 is 0. The fourth-order valence-corrected chi connectivity index (χ4v) is 3.86. The summed E-state index contributed by atoms with van der Waals surface area (Å²) in [5.41, 5.74) is 4.67. The highest BCUT2D eigenvalue weighted by Crippen LogP contribution is 2.36. The zero-order valence-corrected chi connectivity index (χ0v) is 14.5. The predicted octanol–water partition coefficient (Wildman–Crippen LogP) is 6.65. The van der Waals surface area contributed by atoms with Gasteiger partial charge >= 0.3 is 0 Å². The van der Waals surface area contributed by atoms with Crippen LogP contribution < -0.4 is 0 Å². The van der Waals surface area contributed by atoms with Gasteiger partial charge < -0.3 is 0 Å². The molecule has 1 heteroatoms. The molecular weight excluding hydrogens is 314 g/mol. The number of allylic oxidation sites excluding steroid dienone is 4. The highest BCUT2D eigenvalue weighted by molar-refractivity contribution is 6.07. The predicted molar refractivity (Wildman–Crippen MR) is 110 cm³/mol. The molecule has 0 fully saturated rings. The van der Waals surface area contributed by atoms with E-state index in [2.05, 4.69) is 97.1 Å². The maximum Gasteiger partial charge on any atom is 0.0790 e. The lowest BCUT2D eigenvalue weighted by atomic mass is 9.88. The lowest BCUT2D eigenvalue weighted by Gasteiger charge is -2.18. The van der Waals surface area contributed by atoms with Crippen molar-refractivity contribution in [2.24, 2.45) is 0 Å². The fraction of sp³-hybridized carbons (Fsp3) is 0.0800. The first kappa shape index (κ1) is 15.1. The average Bonchev–Trinajstić information content (AvgIpc) is 2.74. The summed E-state index contributed by atoms with van der Waals surface area (Å²) in [6.07, 6.45) is 9.88. The van der Waals surface area contributed by atoms with E-state index in [0.29, 0.717) is 5.92 Å². The molecule has 0 bridgehead atoms. The SMILES string of the molecule is C1=CCC(c2cc(-c3ccccc3)nc3c2ccc2ccccc23)C=C1. The Balaban J connectivity index is 1.85. The first-order valence-corrected chi connectivity index (χ1v) is 9.11. The Morgan fingerprint density at radius 2 is 1.62 bits per heavy atom. The second-order valence-corrected chi connectivity index (χ2v) is 6.80. The summed E-state index contributed by atoms with van der Waals surface area (Å²) in [5, 5.41) is 3.72. The second-order valence-electron chi connectivity index (χ2n) is 6.80. The van der Waals surface area contributed by atoms with Gasteiger partial charge in [0, 0.05) is 22.3 Å². The number of benzene rings is 3. The van der Waals surface area contributed by atoms with E-state index in [0.717, 1.165) is 17.6 Å². The summed E-state index contributed by atoms with van der Waals surface area (Å²) >= 11 is 0. The molecule has 0 aliphatic heterocycles. The number of rotatable bonds is 2. The molecule has 0 N–H and O–H groups in total. The van der Waals surface area contributed by atoms with Gasteiger partial charge in [-0.2, -0.15) is 0 Å². The maximum atomic E-state index is 5.09. The van der Waals surface area contributed by atoms with E-state index < -0.39 is 0 Å². The van der Waals surface area contributed by atoms with Gasteiger partial charge in [0.15, 0.2) is 0 Å². The van der Waals surface area contributed by atoms with E-state index in [1.807, 2.05) is 0 Å². The summed E-state index contributed by atoms with van der Waals surface area (Å²) in [4.78, 5) is 5.09. The summed E-state index contributed by atoms with van der Waals surface area (Å²) in [5.74, 6) is 0.397. The van der Waals surface area contributed by atoms with E-state index in [1.54, 1.807) is 0 Å². The van der Waals surface area contributed by atoms with Crippen LogP contribution >= 0.6 is 0 Å². The number of pyridine rings is 1. The Labute approximate surface area is 153 Å². The van der Waals surface area contributed by atoms with Crippen LogP contribution in [0.4, 0.5) is 0 Å². The van der Waals surface area contributed by atoms with E-state index in [1.165, 1.54) is 27.3 Å². The van der Waals surface area contributed by atoms with Crippen LogP contribution in [0.5, 0.6) is 0 Å². The fourth-order valence-electron chi connectivity index (χ4n) is 3.86. The van der Waals surface area contributed by atoms with Crippen molar-refractivity contribution in [3.8, 4) is 11.3 Å². The minimum absolute atomic E-state index is 0.397. The molecule has 26 heavy (non-hydrogen) atoms. The molecule has 1 aliphatic rings. The Hall–Kier alpha value is -3.19. The smallest absolute Gasteiger partial charge is 0.0790 e. The third kappa shape index (κ3) is 2.53. The Morgan fingerprint density at radius 1 is 0.769 bits per heavy atom. The summed E-state index contributed by atoms with van der Waals surface area (Å²) in [7, 11) is 0. The third-order valence-electron chi connectivity index (χ3n) is 5.19. The molecule has 1 aromatic heterocycles. The molecule has 3 aromatic carbocycles. The summed E-state index contributed by atoms with van der Waals surface area (Å²) in [6.45, 7) is 0. The lowest BCUT2D eigenvalue weighted by Crippen LogP contribution is -2.00. The first-order chi connectivity index (χ1) is 12.9. The Bertz CT molecular complexity index is 1150. The quantitative estimate of drug-likeness (QED) is 0.374. The van der Waals surface area contributed by atoms with Crippen molar-refractivity contribution in [1.29, 1.82) is 0 Å². The lowest BCUT2D eigenvalue weighted by molar-refractivity contribution is 0.861. The topological polar surface area (TPSA) is 12.9 Å². The number of aromatic nitrogens is 1. The van der Waals surface area contributed by atoms with Crippen LogP contribution in [0, 0.1) is 0 Å². The van der Waals surface area contributed by atoms with E-state index >= 15 is 0 Å². The molecule has 4 aromatic rings. The molecule has 1 aliphatic carbocycles. The zero-order valence-electron chi connectivity index (χ0n) is 14.5. The van der Waals surface area contributed by atoms with Crippen LogP contribution in [0.1, 0.15) is 17.9 Å². The Morgan fingerprint density at radius 3 is 2.46 bits per heavy atom. The standard InChI is InChI=1S/C25H19N/c1-3-9-18(10-4-1)23-17-24(20-12-5-2-6-13-20)26-25-21-14-8-7-11-19(21)15-16-22(23)25/h1-9,11-18H,10H2. The van der Waals surface area contributed by atoms with Gasteiger partial charge in [-0.3, -0.25) is 0 Å². The van der Waals surface area contributed by atoms with Crippen molar-refractivity contribution in [1.82, 2.24) is 4.98 Å². The molecule has 0 saturated carbocycles. The van der Waals surface area contributed by atoms with Crippen molar-refractivity contribution in [3.05, 3.63) is 103 Å². The van der Waals surface area contributed by atoms with Gasteiger partial charge in [-0.25, -0.2) is 4.98 Å². The molecule has 0 amide bonds. The van der Waals surface area contributed by atoms with Gasteiger partial charge in [0.2, 0.25) is 0 Å². The highest BCUT2D eigenvalue weighted by Gasteiger charge is 2.16. The molecule has 0 radical (unpaired) electrons. The van der Waals surface area contributed by atoms with Crippen molar-refractivity contribution >= 4 is 21.7 Å². The van der Waals surface area contributed by atoms with Crippen LogP contribution in [0.15, 0.2) is 97.1 Å². The van der Waals surface area contributed by atoms with Gasteiger partial charge in [-0.1, -0.05) is 91.0 Å². The molecule has 5 rings (SSSR count). The maximum absolute atomic E-state index is 5.09. The summed E-state index contributed by atoms with van der Waals surface area (Å²) in [6, 6.07) is 25.7. The largest absolute Gasteiger partial charge is 0.247 e. The van der Waals surface area contributed by atoms with Gasteiger partial charge in [-0.05, 0) is 23.4 Å². The molecule has 1 nitrogen and oxygen atoms in total. The minimum Gasteiger partial charge on any atom is -0.247 e. The molecule has 1 atom stereocenters.